The standard InChI is InChI=1S/C17H25N5O/c1-14(13-22-10-4-9-21-22)11-19-17(18-2)20-12-15-5-7-16(23-3)8-6-15/h4-10,14H,11-13H2,1-3H3,(H2,18,19,20). The van der Waals surface area contributed by atoms with Crippen LogP contribution in [-0.4, -0.2) is 36.4 Å². The Bertz CT molecular complexity index is 592. The van der Waals surface area contributed by atoms with Gasteiger partial charge in [0.05, 0.1) is 7.11 Å². The van der Waals surface area contributed by atoms with Gasteiger partial charge in [0, 0.05) is 39.1 Å². The quantitative estimate of drug-likeness (QED) is 0.605. The molecule has 1 aromatic heterocycles. The summed E-state index contributed by atoms with van der Waals surface area (Å²) in [5, 5.41) is 10.9. The summed E-state index contributed by atoms with van der Waals surface area (Å²) in [4.78, 5) is 4.25. The lowest BCUT2D eigenvalue weighted by Gasteiger charge is -2.16. The summed E-state index contributed by atoms with van der Waals surface area (Å²) >= 11 is 0. The Morgan fingerprint density at radius 1 is 1.30 bits per heavy atom. The van der Waals surface area contributed by atoms with Crippen LogP contribution in [0.1, 0.15) is 12.5 Å². The number of nitrogens with zero attached hydrogens (tertiary/aromatic N) is 3. The van der Waals surface area contributed by atoms with Crippen molar-refractivity contribution in [3.05, 3.63) is 48.3 Å². The molecule has 0 aliphatic heterocycles. The second-order valence-electron chi connectivity index (χ2n) is 5.49. The highest BCUT2D eigenvalue weighted by Gasteiger charge is 2.05. The normalized spacial score (nSPS) is 12.7. The van der Waals surface area contributed by atoms with Gasteiger partial charge in [-0.1, -0.05) is 19.1 Å². The summed E-state index contributed by atoms with van der Waals surface area (Å²) in [5.41, 5.74) is 1.18. The van der Waals surface area contributed by atoms with Crippen molar-refractivity contribution in [2.24, 2.45) is 10.9 Å². The van der Waals surface area contributed by atoms with E-state index in [0.29, 0.717) is 5.92 Å². The van der Waals surface area contributed by atoms with Crippen LogP contribution < -0.4 is 15.4 Å². The third-order valence-corrected chi connectivity index (χ3v) is 3.52. The van der Waals surface area contributed by atoms with Crippen molar-refractivity contribution in [2.45, 2.75) is 20.0 Å². The van der Waals surface area contributed by atoms with Crippen molar-refractivity contribution in [2.75, 3.05) is 20.7 Å². The molecule has 6 heteroatoms. The van der Waals surface area contributed by atoms with Gasteiger partial charge < -0.3 is 15.4 Å². The minimum atomic E-state index is 0.453. The molecule has 124 valence electrons. The first-order chi connectivity index (χ1) is 11.2. The van der Waals surface area contributed by atoms with E-state index in [1.807, 2.05) is 41.2 Å². The summed E-state index contributed by atoms with van der Waals surface area (Å²) in [6.07, 6.45) is 3.78. The number of aliphatic imine (C=N–C) groups is 1. The highest BCUT2D eigenvalue weighted by atomic mass is 16.5. The van der Waals surface area contributed by atoms with Crippen LogP contribution >= 0.6 is 0 Å². The third-order valence-electron chi connectivity index (χ3n) is 3.52. The number of aromatic nitrogens is 2. The molecule has 1 atom stereocenters. The van der Waals surface area contributed by atoms with Crippen LogP contribution in [0.25, 0.3) is 0 Å². The molecule has 2 aromatic rings. The zero-order valence-corrected chi connectivity index (χ0v) is 14.0. The largest absolute Gasteiger partial charge is 0.497 e. The number of methoxy groups -OCH3 is 1. The Morgan fingerprint density at radius 2 is 2.09 bits per heavy atom. The van der Waals surface area contributed by atoms with E-state index in [1.165, 1.54) is 5.56 Å². The van der Waals surface area contributed by atoms with Crippen molar-refractivity contribution < 1.29 is 4.74 Å². The van der Waals surface area contributed by atoms with E-state index in [1.54, 1.807) is 20.4 Å². The molecular formula is C17H25N5O. The zero-order valence-electron chi connectivity index (χ0n) is 14.0. The maximum Gasteiger partial charge on any atom is 0.191 e. The minimum Gasteiger partial charge on any atom is -0.497 e. The molecule has 1 aromatic carbocycles. The van der Waals surface area contributed by atoms with Crippen molar-refractivity contribution >= 4 is 5.96 Å². The van der Waals surface area contributed by atoms with E-state index in [4.69, 9.17) is 4.74 Å². The number of ether oxygens (including phenoxy) is 1. The molecule has 1 heterocycles. The molecule has 6 nitrogen and oxygen atoms in total. The van der Waals surface area contributed by atoms with Gasteiger partial charge in [0.15, 0.2) is 5.96 Å². The molecule has 0 amide bonds. The Labute approximate surface area is 137 Å². The molecule has 0 spiro atoms. The van der Waals surface area contributed by atoms with Gasteiger partial charge in [0.25, 0.3) is 0 Å². The van der Waals surface area contributed by atoms with E-state index < -0.39 is 0 Å². The van der Waals surface area contributed by atoms with Crippen LogP contribution in [0.2, 0.25) is 0 Å². The molecular weight excluding hydrogens is 290 g/mol. The van der Waals surface area contributed by atoms with Gasteiger partial charge in [-0.2, -0.15) is 5.10 Å². The van der Waals surface area contributed by atoms with Gasteiger partial charge in [-0.15, -0.1) is 0 Å². The van der Waals surface area contributed by atoms with Crippen LogP contribution in [0.15, 0.2) is 47.7 Å². The molecule has 23 heavy (non-hydrogen) atoms. The summed E-state index contributed by atoms with van der Waals surface area (Å²) in [7, 11) is 3.45. The van der Waals surface area contributed by atoms with E-state index in [9.17, 15) is 0 Å². The van der Waals surface area contributed by atoms with Gasteiger partial charge in [-0.3, -0.25) is 9.67 Å². The van der Waals surface area contributed by atoms with E-state index in [2.05, 4.69) is 27.6 Å². The predicted molar refractivity (Wildman–Crippen MR) is 92.6 cm³/mol. The molecule has 0 saturated heterocycles. The van der Waals surface area contributed by atoms with Crippen LogP contribution in [0, 0.1) is 5.92 Å². The number of rotatable bonds is 7. The van der Waals surface area contributed by atoms with Crippen LogP contribution in [0.5, 0.6) is 5.75 Å². The van der Waals surface area contributed by atoms with Crippen molar-refractivity contribution in [1.29, 1.82) is 0 Å². The first-order valence-electron chi connectivity index (χ1n) is 7.76. The maximum absolute atomic E-state index is 5.16. The molecule has 0 bridgehead atoms. The number of hydrogen-bond acceptors (Lipinski definition) is 3. The lowest BCUT2D eigenvalue weighted by atomic mass is 10.2. The van der Waals surface area contributed by atoms with Crippen molar-refractivity contribution in [1.82, 2.24) is 20.4 Å². The van der Waals surface area contributed by atoms with E-state index in [0.717, 1.165) is 31.3 Å². The van der Waals surface area contributed by atoms with Gasteiger partial charge in [0.1, 0.15) is 5.75 Å². The fourth-order valence-electron chi connectivity index (χ4n) is 2.21. The summed E-state index contributed by atoms with van der Waals surface area (Å²) in [6, 6.07) is 9.94. The minimum absolute atomic E-state index is 0.453. The molecule has 0 aliphatic carbocycles. The van der Waals surface area contributed by atoms with Gasteiger partial charge in [-0.05, 0) is 29.7 Å². The number of benzene rings is 1. The van der Waals surface area contributed by atoms with E-state index in [-0.39, 0.29) is 0 Å². The second-order valence-corrected chi connectivity index (χ2v) is 5.49. The monoisotopic (exact) mass is 315 g/mol. The van der Waals surface area contributed by atoms with Crippen LogP contribution in [0.3, 0.4) is 0 Å². The maximum atomic E-state index is 5.16. The average Bonchev–Trinajstić information content (AvgIpc) is 3.08. The first kappa shape index (κ1) is 16.9. The Hall–Kier alpha value is -2.50. The number of nitrogens with one attached hydrogen (secondary N) is 2. The molecule has 1 unspecified atom stereocenters. The second kappa shape index (κ2) is 8.82. The fraction of sp³-hybridized carbons (Fsp3) is 0.412. The predicted octanol–water partition coefficient (Wildman–Crippen LogP) is 1.89. The number of hydrogen-bond donors (Lipinski definition) is 2. The highest BCUT2D eigenvalue weighted by molar-refractivity contribution is 5.79. The fourth-order valence-corrected chi connectivity index (χ4v) is 2.21. The molecule has 0 aliphatic rings. The topological polar surface area (TPSA) is 63.5 Å². The summed E-state index contributed by atoms with van der Waals surface area (Å²) in [6.45, 7) is 4.63. The van der Waals surface area contributed by atoms with E-state index >= 15 is 0 Å². The Kier molecular flexibility index (Phi) is 6.47. The van der Waals surface area contributed by atoms with Crippen LogP contribution in [-0.2, 0) is 13.1 Å². The molecule has 0 fully saturated rings. The molecule has 0 saturated carbocycles. The van der Waals surface area contributed by atoms with Crippen molar-refractivity contribution in [3.63, 3.8) is 0 Å². The molecule has 2 rings (SSSR count). The third kappa shape index (κ3) is 5.65. The Morgan fingerprint density at radius 3 is 2.70 bits per heavy atom. The smallest absolute Gasteiger partial charge is 0.191 e. The first-order valence-corrected chi connectivity index (χ1v) is 7.76. The van der Waals surface area contributed by atoms with Gasteiger partial charge in [0.2, 0.25) is 0 Å². The molecule has 0 radical (unpaired) electrons. The number of guanidine groups is 1. The van der Waals surface area contributed by atoms with Gasteiger partial charge >= 0.3 is 0 Å². The SMILES string of the molecule is CN=C(NCc1ccc(OC)cc1)NCC(C)Cn1cccn1. The highest BCUT2D eigenvalue weighted by Crippen LogP contribution is 2.10. The molecule has 2 N–H and O–H groups in total. The Balaban J connectivity index is 1.74. The van der Waals surface area contributed by atoms with Crippen molar-refractivity contribution in [3.8, 4) is 5.75 Å². The van der Waals surface area contributed by atoms with Gasteiger partial charge in [-0.25, -0.2) is 0 Å². The average molecular weight is 315 g/mol. The zero-order chi connectivity index (χ0) is 16.5. The van der Waals surface area contributed by atoms with Crippen LogP contribution in [0.4, 0.5) is 0 Å². The lowest BCUT2D eigenvalue weighted by molar-refractivity contribution is 0.414. The summed E-state index contributed by atoms with van der Waals surface area (Å²) in [5.74, 6) is 2.12. The summed E-state index contributed by atoms with van der Waals surface area (Å²) < 4.78 is 7.10. The lowest BCUT2D eigenvalue weighted by Crippen LogP contribution is -2.39.